The summed E-state index contributed by atoms with van der Waals surface area (Å²) in [5, 5.41) is 10.7. The SMILES string of the molecule is CCNC(=NCc1ncnn1C)NCCCN1CCCC1. The molecule has 0 bridgehead atoms. The Labute approximate surface area is 126 Å². The molecule has 2 rings (SSSR count). The topological polar surface area (TPSA) is 70.4 Å². The zero-order valence-corrected chi connectivity index (χ0v) is 13.2. The van der Waals surface area contributed by atoms with Crippen LogP contribution in [0.1, 0.15) is 32.0 Å². The molecule has 0 saturated carbocycles. The van der Waals surface area contributed by atoms with E-state index in [1.807, 2.05) is 7.05 Å². The summed E-state index contributed by atoms with van der Waals surface area (Å²) in [6.07, 6.45) is 5.42. The third kappa shape index (κ3) is 5.34. The highest BCUT2D eigenvalue weighted by molar-refractivity contribution is 5.79. The van der Waals surface area contributed by atoms with Crippen molar-refractivity contribution in [2.24, 2.45) is 12.0 Å². The van der Waals surface area contributed by atoms with Crippen LogP contribution in [0.15, 0.2) is 11.3 Å². The van der Waals surface area contributed by atoms with Gasteiger partial charge in [0.25, 0.3) is 0 Å². The largest absolute Gasteiger partial charge is 0.357 e. The first-order valence-corrected chi connectivity index (χ1v) is 7.87. The number of nitrogens with one attached hydrogen (secondary N) is 2. The van der Waals surface area contributed by atoms with Gasteiger partial charge in [-0.15, -0.1) is 0 Å². The van der Waals surface area contributed by atoms with Crippen molar-refractivity contribution in [3.8, 4) is 0 Å². The van der Waals surface area contributed by atoms with Crippen LogP contribution in [0.3, 0.4) is 0 Å². The van der Waals surface area contributed by atoms with Gasteiger partial charge in [0.15, 0.2) is 5.96 Å². The van der Waals surface area contributed by atoms with Crippen LogP contribution in [-0.4, -0.2) is 58.3 Å². The molecule has 0 atom stereocenters. The van der Waals surface area contributed by atoms with Gasteiger partial charge in [0.1, 0.15) is 18.7 Å². The highest BCUT2D eigenvalue weighted by Gasteiger charge is 2.10. The van der Waals surface area contributed by atoms with Crippen LogP contribution in [0.4, 0.5) is 0 Å². The molecular formula is C14H27N7. The summed E-state index contributed by atoms with van der Waals surface area (Å²) in [5.74, 6) is 1.71. The smallest absolute Gasteiger partial charge is 0.191 e. The summed E-state index contributed by atoms with van der Waals surface area (Å²) in [7, 11) is 1.88. The number of aromatic nitrogens is 3. The van der Waals surface area contributed by atoms with Gasteiger partial charge in [-0.25, -0.2) is 9.98 Å². The Morgan fingerprint density at radius 1 is 1.33 bits per heavy atom. The van der Waals surface area contributed by atoms with Crippen LogP contribution in [0, 0.1) is 0 Å². The molecule has 7 nitrogen and oxygen atoms in total. The fourth-order valence-corrected chi connectivity index (χ4v) is 2.47. The predicted octanol–water partition coefficient (Wildman–Crippen LogP) is 0.356. The van der Waals surface area contributed by atoms with Crippen LogP contribution in [0.5, 0.6) is 0 Å². The molecule has 21 heavy (non-hydrogen) atoms. The van der Waals surface area contributed by atoms with Crippen molar-refractivity contribution in [3.63, 3.8) is 0 Å². The minimum absolute atomic E-state index is 0.540. The minimum atomic E-state index is 0.540. The van der Waals surface area contributed by atoms with Gasteiger partial charge in [0.05, 0.1) is 0 Å². The van der Waals surface area contributed by atoms with E-state index in [1.165, 1.54) is 32.5 Å². The minimum Gasteiger partial charge on any atom is -0.357 e. The molecule has 7 heteroatoms. The summed E-state index contributed by atoms with van der Waals surface area (Å²) in [6, 6.07) is 0. The van der Waals surface area contributed by atoms with Gasteiger partial charge in [-0.2, -0.15) is 5.10 Å². The van der Waals surface area contributed by atoms with E-state index in [1.54, 1.807) is 11.0 Å². The van der Waals surface area contributed by atoms with Crippen molar-refractivity contribution >= 4 is 5.96 Å². The zero-order chi connectivity index (χ0) is 14.9. The number of guanidine groups is 1. The summed E-state index contributed by atoms with van der Waals surface area (Å²) in [6.45, 7) is 8.12. The van der Waals surface area contributed by atoms with Gasteiger partial charge < -0.3 is 15.5 Å². The predicted molar refractivity (Wildman–Crippen MR) is 84.1 cm³/mol. The fourth-order valence-electron chi connectivity index (χ4n) is 2.47. The maximum absolute atomic E-state index is 4.54. The van der Waals surface area contributed by atoms with Crippen molar-refractivity contribution in [1.82, 2.24) is 30.3 Å². The van der Waals surface area contributed by atoms with Crippen LogP contribution in [-0.2, 0) is 13.6 Å². The van der Waals surface area contributed by atoms with Gasteiger partial charge >= 0.3 is 0 Å². The molecule has 1 aliphatic rings. The Balaban J connectivity index is 1.71. The van der Waals surface area contributed by atoms with E-state index in [-0.39, 0.29) is 0 Å². The number of hydrogen-bond acceptors (Lipinski definition) is 4. The second-order valence-electron chi connectivity index (χ2n) is 5.32. The molecule has 0 unspecified atom stereocenters. The van der Waals surface area contributed by atoms with Crippen LogP contribution >= 0.6 is 0 Å². The highest BCUT2D eigenvalue weighted by Crippen LogP contribution is 2.06. The number of aryl methyl sites for hydroxylation is 1. The summed E-state index contributed by atoms with van der Waals surface area (Å²) in [4.78, 5) is 11.3. The number of likely N-dealkylation sites (tertiary alicyclic amines) is 1. The molecule has 0 amide bonds. The molecule has 1 fully saturated rings. The van der Waals surface area contributed by atoms with Crippen LogP contribution in [0.2, 0.25) is 0 Å². The van der Waals surface area contributed by atoms with E-state index < -0.39 is 0 Å². The normalized spacial score (nSPS) is 16.4. The molecule has 2 heterocycles. The molecule has 1 aromatic heterocycles. The van der Waals surface area contributed by atoms with Crippen molar-refractivity contribution < 1.29 is 0 Å². The molecule has 1 aromatic rings. The van der Waals surface area contributed by atoms with Crippen molar-refractivity contribution in [3.05, 3.63) is 12.2 Å². The maximum atomic E-state index is 4.54. The Bertz CT molecular complexity index is 434. The molecule has 118 valence electrons. The quantitative estimate of drug-likeness (QED) is 0.431. The highest BCUT2D eigenvalue weighted by atomic mass is 15.3. The molecule has 0 spiro atoms. The van der Waals surface area contributed by atoms with E-state index in [0.717, 1.165) is 31.3 Å². The van der Waals surface area contributed by atoms with E-state index in [9.17, 15) is 0 Å². The van der Waals surface area contributed by atoms with E-state index in [0.29, 0.717) is 6.54 Å². The van der Waals surface area contributed by atoms with Crippen molar-refractivity contribution in [2.75, 3.05) is 32.7 Å². The Morgan fingerprint density at radius 2 is 2.14 bits per heavy atom. The second kappa shape index (κ2) is 8.61. The molecular weight excluding hydrogens is 266 g/mol. The summed E-state index contributed by atoms with van der Waals surface area (Å²) >= 11 is 0. The van der Waals surface area contributed by atoms with Gasteiger partial charge in [-0.05, 0) is 45.8 Å². The number of aliphatic imine (C=N–C) groups is 1. The Hall–Kier alpha value is -1.63. The molecule has 1 aliphatic heterocycles. The summed E-state index contributed by atoms with van der Waals surface area (Å²) in [5.41, 5.74) is 0. The van der Waals surface area contributed by atoms with Gasteiger partial charge in [0, 0.05) is 20.1 Å². The van der Waals surface area contributed by atoms with Crippen molar-refractivity contribution in [2.45, 2.75) is 32.7 Å². The third-order valence-corrected chi connectivity index (χ3v) is 3.67. The number of nitrogens with zero attached hydrogens (tertiary/aromatic N) is 5. The monoisotopic (exact) mass is 293 g/mol. The lowest BCUT2D eigenvalue weighted by Crippen LogP contribution is -2.38. The third-order valence-electron chi connectivity index (χ3n) is 3.67. The van der Waals surface area contributed by atoms with Crippen LogP contribution < -0.4 is 10.6 Å². The zero-order valence-electron chi connectivity index (χ0n) is 13.2. The summed E-state index contributed by atoms with van der Waals surface area (Å²) < 4.78 is 1.75. The fraction of sp³-hybridized carbons (Fsp3) is 0.786. The van der Waals surface area contributed by atoms with E-state index in [2.05, 4.69) is 37.5 Å². The van der Waals surface area contributed by atoms with E-state index >= 15 is 0 Å². The molecule has 0 aromatic carbocycles. The lowest BCUT2D eigenvalue weighted by atomic mass is 10.4. The Kier molecular flexibility index (Phi) is 6.46. The lowest BCUT2D eigenvalue weighted by molar-refractivity contribution is 0.334. The number of rotatable bonds is 7. The van der Waals surface area contributed by atoms with Crippen molar-refractivity contribution in [1.29, 1.82) is 0 Å². The first-order chi connectivity index (χ1) is 10.3. The van der Waals surface area contributed by atoms with Gasteiger partial charge in [0.2, 0.25) is 0 Å². The van der Waals surface area contributed by atoms with Gasteiger partial charge in [-0.1, -0.05) is 0 Å². The average Bonchev–Trinajstić information content (AvgIpc) is 3.12. The molecule has 0 radical (unpaired) electrons. The molecule has 2 N–H and O–H groups in total. The Morgan fingerprint density at radius 3 is 2.81 bits per heavy atom. The lowest BCUT2D eigenvalue weighted by Gasteiger charge is -2.15. The first-order valence-electron chi connectivity index (χ1n) is 7.87. The first kappa shape index (κ1) is 15.8. The number of hydrogen-bond donors (Lipinski definition) is 2. The maximum Gasteiger partial charge on any atom is 0.191 e. The van der Waals surface area contributed by atoms with Crippen LogP contribution in [0.25, 0.3) is 0 Å². The van der Waals surface area contributed by atoms with E-state index in [4.69, 9.17) is 0 Å². The average molecular weight is 293 g/mol. The van der Waals surface area contributed by atoms with Gasteiger partial charge in [-0.3, -0.25) is 4.68 Å². The standard InChI is InChI=1S/C14H27N7/c1-3-15-14(17-11-13-18-12-19-20(13)2)16-7-6-10-21-8-4-5-9-21/h12H,3-11H2,1-2H3,(H2,15,16,17). The molecule has 1 saturated heterocycles. The molecule has 0 aliphatic carbocycles. The second-order valence-corrected chi connectivity index (χ2v) is 5.32.